The summed E-state index contributed by atoms with van der Waals surface area (Å²) in [4.78, 5) is 27.3. The summed E-state index contributed by atoms with van der Waals surface area (Å²) in [5.74, 6) is 0.242. The van der Waals surface area contributed by atoms with E-state index in [1.807, 2.05) is 13.8 Å². The maximum Gasteiger partial charge on any atom is 0.430 e. The number of aliphatic hydroxyl groups is 1. The van der Waals surface area contributed by atoms with Gasteiger partial charge in [0, 0.05) is 17.7 Å². The van der Waals surface area contributed by atoms with E-state index in [1.165, 1.54) is 12.2 Å². The van der Waals surface area contributed by atoms with Gasteiger partial charge in [0.1, 0.15) is 17.0 Å². The number of hydrogen-bond donors (Lipinski definition) is 2. The smallest absolute Gasteiger partial charge is 0.430 e. The van der Waals surface area contributed by atoms with Gasteiger partial charge in [0.2, 0.25) is 0 Å². The Balaban J connectivity index is 1.54. The number of nitrogens with one attached hydrogen (secondary N) is 1. The summed E-state index contributed by atoms with van der Waals surface area (Å²) in [5, 5.41) is 13.0. The van der Waals surface area contributed by atoms with E-state index in [0.29, 0.717) is 48.3 Å². The molecule has 3 amide bonds. The molecule has 270 valence electrons. The highest BCUT2D eigenvalue weighted by atomic mass is 19.4. The van der Waals surface area contributed by atoms with Crippen molar-refractivity contribution in [3.05, 3.63) is 94.5 Å². The fraction of sp³-hybridized carbons (Fsp3) is 0.405. The summed E-state index contributed by atoms with van der Waals surface area (Å²) < 4.78 is 94.9. The third-order valence-electron chi connectivity index (χ3n) is 8.31. The van der Waals surface area contributed by atoms with Gasteiger partial charge in [-0.2, -0.15) is 26.3 Å². The number of urea groups is 1. The third-order valence-corrected chi connectivity index (χ3v) is 8.31. The molecule has 3 aromatic carbocycles. The highest BCUT2D eigenvalue weighted by Gasteiger charge is 2.71. The maximum atomic E-state index is 13.9. The average Bonchev–Trinajstić information content (AvgIpc) is 3.26. The molecule has 1 fully saturated rings. The molecule has 0 aromatic heterocycles. The lowest BCUT2D eigenvalue weighted by Gasteiger charge is -2.33. The van der Waals surface area contributed by atoms with Crippen molar-refractivity contribution in [2.45, 2.75) is 83.0 Å². The summed E-state index contributed by atoms with van der Waals surface area (Å²) in [6.07, 6.45) is -8.28. The molecule has 50 heavy (non-hydrogen) atoms. The van der Waals surface area contributed by atoms with E-state index in [1.54, 1.807) is 68.4 Å². The summed E-state index contributed by atoms with van der Waals surface area (Å²) in [6, 6.07) is 16.2. The molecule has 1 saturated heterocycles. The Morgan fingerprint density at radius 2 is 1.56 bits per heavy atom. The van der Waals surface area contributed by atoms with Gasteiger partial charge in [-0.1, -0.05) is 68.0 Å². The first kappa shape index (κ1) is 38.3. The Morgan fingerprint density at radius 3 is 2.14 bits per heavy atom. The van der Waals surface area contributed by atoms with Crippen molar-refractivity contribution in [1.29, 1.82) is 0 Å². The van der Waals surface area contributed by atoms with E-state index >= 15 is 0 Å². The minimum atomic E-state index is -6.06. The van der Waals surface area contributed by atoms with Crippen LogP contribution < -0.4 is 14.8 Å². The highest BCUT2D eigenvalue weighted by Crippen LogP contribution is 2.51. The summed E-state index contributed by atoms with van der Waals surface area (Å²) >= 11 is 0. The van der Waals surface area contributed by atoms with Gasteiger partial charge in [-0.15, -0.1) is 0 Å². The largest absolute Gasteiger partial charge is 0.493 e. The van der Waals surface area contributed by atoms with E-state index in [9.17, 15) is 41.0 Å². The van der Waals surface area contributed by atoms with Crippen LogP contribution in [0.15, 0.2) is 66.7 Å². The first-order valence-electron chi connectivity index (χ1n) is 16.2. The highest BCUT2D eigenvalue weighted by molar-refractivity contribution is 6.07. The quantitative estimate of drug-likeness (QED) is 0.0760. The number of halogens is 6. The average molecular weight is 707 g/mol. The lowest BCUT2D eigenvalue weighted by molar-refractivity contribution is -0.376. The molecule has 0 saturated carbocycles. The Kier molecular flexibility index (Phi) is 11.6. The standard InChI is InChI=1S/C37H40F6N2O5/c1-5-11-26-22-29(35(48,36(38,39)40)37(41,42)43)23-27(15-14-25-12-7-6-8-13-25)31(26)49-21-10-9-20-45-32(46)34(4,44-33(45)47)28-16-18-30(19-17-28)50-24(2)3/h6-8,12-19,22-24,48H,5,9-11,20-21H2,1-4H3,(H,44,47). The number of imide groups is 1. The normalized spacial score (nSPS) is 17.2. The Bertz CT molecular complexity index is 1660. The number of alkyl halides is 6. The second kappa shape index (κ2) is 15.2. The number of amides is 3. The van der Waals surface area contributed by atoms with E-state index in [2.05, 4.69) is 5.32 Å². The van der Waals surface area contributed by atoms with E-state index < -0.39 is 41.0 Å². The fourth-order valence-electron chi connectivity index (χ4n) is 5.70. The van der Waals surface area contributed by atoms with Crippen LogP contribution in [0, 0.1) is 0 Å². The number of hydrogen-bond acceptors (Lipinski definition) is 5. The van der Waals surface area contributed by atoms with Crippen molar-refractivity contribution in [1.82, 2.24) is 10.2 Å². The molecule has 13 heteroatoms. The molecule has 1 unspecified atom stereocenters. The molecule has 4 rings (SSSR count). The maximum absolute atomic E-state index is 13.9. The summed E-state index contributed by atoms with van der Waals surface area (Å²) in [7, 11) is 0. The van der Waals surface area contributed by atoms with Gasteiger partial charge in [-0.3, -0.25) is 9.69 Å². The molecule has 0 bridgehead atoms. The van der Waals surface area contributed by atoms with Crippen molar-refractivity contribution >= 4 is 24.1 Å². The van der Waals surface area contributed by atoms with Crippen molar-refractivity contribution in [2.24, 2.45) is 0 Å². The first-order valence-corrected chi connectivity index (χ1v) is 16.2. The van der Waals surface area contributed by atoms with Gasteiger partial charge < -0.3 is 19.9 Å². The first-order chi connectivity index (χ1) is 23.4. The number of aryl methyl sites for hydroxylation is 1. The molecule has 7 nitrogen and oxygen atoms in total. The van der Waals surface area contributed by atoms with Crippen molar-refractivity contribution in [2.75, 3.05) is 13.2 Å². The minimum Gasteiger partial charge on any atom is -0.493 e. The second-order valence-corrected chi connectivity index (χ2v) is 12.5. The van der Waals surface area contributed by atoms with Crippen LogP contribution in [0.2, 0.25) is 0 Å². The Hall–Kier alpha value is -4.52. The minimum absolute atomic E-state index is 0.0245. The number of rotatable bonds is 14. The van der Waals surface area contributed by atoms with Crippen molar-refractivity contribution < 1.29 is 50.5 Å². The topological polar surface area (TPSA) is 88.1 Å². The summed E-state index contributed by atoms with van der Waals surface area (Å²) in [6.45, 7) is 7.10. The predicted molar refractivity (Wildman–Crippen MR) is 176 cm³/mol. The zero-order chi connectivity index (χ0) is 36.9. The number of carbonyl (C=O) groups is 2. The lowest BCUT2D eigenvalue weighted by Crippen LogP contribution is -2.54. The van der Waals surface area contributed by atoms with Crippen molar-refractivity contribution in [3.63, 3.8) is 0 Å². The third kappa shape index (κ3) is 8.09. The number of carbonyl (C=O) groups excluding carboxylic acids is 2. The van der Waals surface area contributed by atoms with Crippen molar-refractivity contribution in [3.8, 4) is 11.5 Å². The van der Waals surface area contributed by atoms with Crippen LogP contribution in [0.3, 0.4) is 0 Å². The number of nitrogens with zero attached hydrogens (tertiary/aromatic N) is 1. The molecule has 1 aliphatic heterocycles. The van der Waals surface area contributed by atoms with Gasteiger partial charge in [0.25, 0.3) is 11.5 Å². The van der Waals surface area contributed by atoms with Crippen LogP contribution in [0.25, 0.3) is 12.2 Å². The van der Waals surface area contributed by atoms with Gasteiger partial charge >= 0.3 is 18.4 Å². The lowest BCUT2D eigenvalue weighted by atomic mass is 9.87. The molecule has 2 N–H and O–H groups in total. The molecule has 0 spiro atoms. The Labute approximate surface area is 286 Å². The predicted octanol–water partition coefficient (Wildman–Crippen LogP) is 8.54. The second-order valence-electron chi connectivity index (χ2n) is 12.5. The molecular weight excluding hydrogens is 666 g/mol. The fourth-order valence-corrected chi connectivity index (χ4v) is 5.70. The van der Waals surface area contributed by atoms with Crippen LogP contribution in [0.5, 0.6) is 11.5 Å². The SMILES string of the molecule is CCCc1cc(C(O)(C(F)(F)F)C(F)(F)F)cc(C=Cc2ccccc2)c1OCCCCN1C(=O)NC(C)(c2ccc(OC(C)C)cc2)C1=O. The number of unbranched alkanes of at least 4 members (excludes halogenated alkanes) is 1. The van der Waals surface area contributed by atoms with Gasteiger partial charge in [-0.25, -0.2) is 4.79 Å². The molecule has 1 heterocycles. The van der Waals surface area contributed by atoms with Gasteiger partial charge in [-0.05, 0) is 81.0 Å². The monoisotopic (exact) mass is 706 g/mol. The number of benzene rings is 3. The van der Waals surface area contributed by atoms with Crippen LogP contribution >= 0.6 is 0 Å². The van der Waals surface area contributed by atoms with Gasteiger partial charge in [0.15, 0.2) is 0 Å². The molecule has 1 atom stereocenters. The van der Waals surface area contributed by atoms with E-state index in [0.717, 1.165) is 4.90 Å². The zero-order valence-electron chi connectivity index (χ0n) is 28.1. The van der Waals surface area contributed by atoms with E-state index in [4.69, 9.17) is 9.47 Å². The van der Waals surface area contributed by atoms with Crippen LogP contribution in [0.1, 0.15) is 74.8 Å². The molecule has 3 aromatic rings. The van der Waals surface area contributed by atoms with Crippen LogP contribution in [-0.2, 0) is 22.4 Å². The number of ether oxygens (including phenoxy) is 2. The molecule has 0 radical (unpaired) electrons. The molecular formula is C37H40F6N2O5. The van der Waals surface area contributed by atoms with Gasteiger partial charge in [0.05, 0.1) is 12.7 Å². The summed E-state index contributed by atoms with van der Waals surface area (Å²) in [5.41, 5.74) is -6.61. The van der Waals surface area contributed by atoms with Crippen LogP contribution in [0.4, 0.5) is 31.1 Å². The molecule has 0 aliphatic carbocycles. The van der Waals surface area contributed by atoms with Crippen LogP contribution in [-0.4, -0.2) is 53.6 Å². The van der Waals surface area contributed by atoms with E-state index in [-0.39, 0.29) is 42.6 Å². The zero-order valence-corrected chi connectivity index (χ0v) is 28.1. The Morgan fingerprint density at radius 1 is 0.920 bits per heavy atom. The molecule has 1 aliphatic rings.